The highest BCUT2D eigenvalue weighted by molar-refractivity contribution is 7.13. The molecule has 2 N–H and O–H groups in total. The minimum atomic E-state index is -0.402. The average molecular weight is 365 g/mol. The summed E-state index contributed by atoms with van der Waals surface area (Å²) in [5, 5.41) is 13.5. The average Bonchev–Trinajstić information content (AvgIpc) is 3.20. The first-order chi connectivity index (χ1) is 11.1. The van der Waals surface area contributed by atoms with Gasteiger partial charge in [0.05, 0.1) is 26.8 Å². The molecule has 5 nitrogen and oxygen atoms in total. The van der Waals surface area contributed by atoms with E-state index in [-0.39, 0.29) is 5.69 Å². The van der Waals surface area contributed by atoms with Gasteiger partial charge in [0.25, 0.3) is 5.91 Å². The number of nitrogens with one attached hydrogen (secondary N) is 2. The highest BCUT2D eigenvalue weighted by Crippen LogP contribution is 2.23. The maximum Gasteiger partial charge on any atom is 0.291 e. The molecule has 0 fully saturated rings. The number of carbonyl (C=O) groups is 1. The summed E-state index contributed by atoms with van der Waals surface area (Å²) < 4.78 is 0. The predicted octanol–water partition coefficient (Wildman–Crippen LogP) is 4.21. The van der Waals surface area contributed by atoms with Crippen LogP contribution in [0.3, 0.4) is 0 Å². The van der Waals surface area contributed by atoms with Gasteiger partial charge in [-0.05, 0) is 35.2 Å². The number of halogens is 2. The zero-order valence-electron chi connectivity index (χ0n) is 11.6. The summed E-state index contributed by atoms with van der Waals surface area (Å²) in [6.07, 6.45) is 1.48. The molecular weight excluding hydrogens is 355 g/mol. The van der Waals surface area contributed by atoms with Crippen LogP contribution in [0.5, 0.6) is 0 Å². The number of carbonyl (C=O) groups excluding carboxylic acids is 1. The molecule has 8 heteroatoms. The summed E-state index contributed by atoms with van der Waals surface area (Å²) in [5.41, 5.74) is 4.19. The van der Waals surface area contributed by atoms with Crippen molar-refractivity contribution in [2.45, 2.75) is 0 Å². The van der Waals surface area contributed by atoms with Gasteiger partial charge in [-0.1, -0.05) is 35.3 Å². The lowest BCUT2D eigenvalue weighted by atomic mass is 10.2. The molecule has 23 heavy (non-hydrogen) atoms. The Hall–Kier alpha value is -2.15. The Morgan fingerprint density at radius 1 is 1.26 bits per heavy atom. The lowest BCUT2D eigenvalue weighted by Crippen LogP contribution is -2.17. The number of rotatable bonds is 4. The number of hydrogen-bond acceptors (Lipinski definition) is 4. The number of amides is 1. The molecule has 0 radical (unpaired) electrons. The molecule has 3 rings (SSSR count). The predicted molar refractivity (Wildman–Crippen MR) is 93.4 cm³/mol. The summed E-state index contributed by atoms with van der Waals surface area (Å²) in [6.45, 7) is 0. The number of hydrazone groups is 1. The van der Waals surface area contributed by atoms with E-state index in [9.17, 15) is 4.79 Å². The van der Waals surface area contributed by atoms with Crippen molar-refractivity contribution in [2.24, 2.45) is 5.10 Å². The number of hydrogen-bond donors (Lipinski definition) is 2. The lowest BCUT2D eigenvalue weighted by molar-refractivity contribution is 0.0950. The Morgan fingerprint density at radius 2 is 2.13 bits per heavy atom. The van der Waals surface area contributed by atoms with Gasteiger partial charge >= 0.3 is 0 Å². The fraction of sp³-hybridized carbons (Fsp3) is 0. The first kappa shape index (κ1) is 15.7. The van der Waals surface area contributed by atoms with Gasteiger partial charge < -0.3 is 0 Å². The van der Waals surface area contributed by atoms with Crippen LogP contribution in [0, 0.1) is 0 Å². The van der Waals surface area contributed by atoms with Gasteiger partial charge in [-0.25, -0.2) is 5.43 Å². The fourth-order valence-electron chi connectivity index (χ4n) is 1.81. The third kappa shape index (κ3) is 3.79. The fourth-order valence-corrected chi connectivity index (χ4v) is 2.81. The third-order valence-electron chi connectivity index (χ3n) is 2.92. The van der Waals surface area contributed by atoms with E-state index in [0.29, 0.717) is 10.0 Å². The van der Waals surface area contributed by atoms with Crippen LogP contribution in [-0.2, 0) is 0 Å². The van der Waals surface area contributed by atoms with Crippen LogP contribution in [0.4, 0.5) is 0 Å². The number of benzene rings is 1. The Labute approximate surface area is 145 Å². The summed E-state index contributed by atoms with van der Waals surface area (Å²) in [7, 11) is 0. The van der Waals surface area contributed by atoms with E-state index in [1.807, 2.05) is 17.5 Å². The van der Waals surface area contributed by atoms with Gasteiger partial charge in [0.2, 0.25) is 0 Å². The minimum absolute atomic E-state index is 0.264. The molecule has 3 aromatic rings. The first-order valence-electron chi connectivity index (χ1n) is 6.51. The van der Waals surface area contributed by atoms with Crippen molar-refractivity contribution < 1.29 is 4.79 Å². The molecule has 0 unspecified atom stereocenters. The second-order valence-electron chi connectivity index (χ2n) is 4.52. The molecule has 0 aliphatic rings. The van der Waals surface area contributed by atoms with Gasteiger partial charge in [0, 0.05) is 0 Å². The first-order valence-corrected chi connectivity index (χ1v) is 8.15. The van der Waals surface area contributed by atoms with Crippen LogP contribution in [0.2, 0.25) is 10.0 Å². The molecule has 0 saturated carbocycles. The molecule has 1 amide bonds. The van der Waals surface area contributed by atoms with Crippen LogP contribution < -0.4 is 5.43 Å². The Morgan fingerprint density at radius 3 is 2.87 bits per heavy atom. The van der Waals surface area contributed by atoms with E-state index in [1.165, 1.54) is 6.21 Å². The third-order valence-corrected chi connectivity index (χ3v) is 4.56. The maximum atomic E-state index is 12.0. The number of nitrogens with zero attached hydrogens (tertiary/aromatic N) is 2. The molecular formula is C15H10Cl2N4OS. The monoisotopic (exact) mass is 364 g/mol. The molecule has 0 aliphatic heterocycles. The molecule has 0 spiro atoms. The van der Waals surface area contributed by atoms with E-state index in [1.54, 1.807) is 35.6 Å². The molecule has 0 bridgehead atoms. The van der Waals surface area contributed by atoms with Crippen LogP contribution in [0.1, 0.15) is 16.1 Å². The van der Waals surface area contributed by atoms with E-state index in [4.69, 9.17) is 23.2 Å². The van der Waals surface area contributed by atoms with Crippen LogP contribution in [0.15, 0.2) is 46.9 Å². The van der Waals surface area contributed by atoms with Gasteiger partial charge in [0.15, 0.2) is 5.69 Å². The minimum Gasteiger partial charge on any atom is -0.276 e. The second kappa shape index (κ2) is 6.95. The van der Waals surface area contributed by atoms with Crippen LogP contribution >= 0.6 is 34.5 Å². The molecule has 2 heterocycles. The summed E-state index contributed by atoms with van der Waals surface area (Å²) in [4.78, 5) is 13.0. The van der Waals surface area contributed by atoms with E-state index in [0.717, 1.165) is 16.1 Å². The summed E-state index contributed by atoms with van der Waals surface area (Å²) in [6, 6.07) is 10.6. The normalized spacial score (nSPS) is 11.0. The van der Waals surface area contributed by atoms with E-state index in [2.05, 4.69) is 20.7 Å². The Bertz CT molecular complexity index is 858. The van der Waals surface area contributed by atoms with E-state index >= 15 is 0 Å². The number of thiophene rings is 1. The zero-order valence-corrected chi connectivity index (χ0v) is 13.9. The van der Waals surface area contributed by atoms with Gasteiger partial charge in [-0.3, -0.25) is 9.89 Å². The smallest absolute Gasteiger partial charge is 0.276 e. The zero-order chi connectivity index (χ0) is 16.2. The molecule has 0 saturated heterocycles. The number of aromatic nitrogens is 2. The molecule has 116 valence electrons. The van der Waals surface area contributed by atoms with Crippen molar-refractivity contribution in [3.63, 3.8) is 0 Å². The molecule has 0 atom stereocenters. The lowest BCUT2D eigenvalue weighted by Gasteiger charge is -1.98. The quantitative estimate of drug-likeness (QED) is 0.537. The van der Waals surface area contributed by atoms with Crippen molar-refractivity contribution in [1.29, 1.82) is 0 Å². The van der Waals surface area contributed by atoms with E-state index < -0.39 is 5.91 Å². The summed E-state index contributed by atoms with van der Waals surface area (Å²) in [5.74, 6) is -0.402. The number of H-pyrrole nitrogens is 1. The topological polar surface area (TPSA) is 70.1 Å². The maximum absolute atomic E-state index is 12.0. The van der Waals surface area contributed by atoms with Gasteiger partial charge in [0.1, 0.15) is 0 Å². The molecule has 2 aromatic heterocycles. The Kier molecular flexibility index (Phi) is 4.76. The highest BCUT2D eigenvalue weighted by Gasteiger charge is 2.11. The molecule has 1 aromatic carbocycles. The van der Waals surface area contributed by atoms with Gasteiger partial charge in [-0.2, -0.15) is 10.2 Å². The second-order valence-corrected chi connectivity index (χ2v) is 6.28. The highest BCUT2D eigenvalue weighted by atomic mass is 35.5. The standard InChI is InChI=1S/C15H10Cl2N4OS/c16-10-4-3-9(6-11(10)17)8-18-21-15(22)13-7-12(19-20-13)14-2-1-5-23-14/h1-8H,(H,19,20)(H,21,22)/b18-8-. The largest absolute Gasteiger partial charge is 0.291 e. The molecule has 0 aliphatic carbocycles. The SMILES string of the molecule is O=C(N/N=C\c1ccc(Cl)c(Cl)c1)c1cc(-c2cccs2)[nH]n1. The van der Waals surface area contributed by atoms with Crippen molar-refractivity contribution in [3.8, 4) is 10.6 Å². The van der Waals surface area contributed by atoms with Crippen molar-refractivity contribution in [2.75, 3.05) is 0 Å². The van der Waals surface area contributed by atoms with Gasteiger partial charge in [-0.15, -0.1) is 11.3 Å². The summed E-state index contributed by atoms with van der Waals surface area (Å²) >= 11 is 13.3. The van der Waals surface area contributed by atoms with Crippen LogP contribution in [-0.4, -0.2) is 22.3 Å². The van der Waals surface area contributed by atoms with Crippen molar-refractivity contribution in [3.05, 3.63) is 63.1 Å². The number of aromatic amines is 1. The van der Waals surface area contributed by atoms with Crippen LogP contribution in [0.25, 0.3) is 10.6 Å². The van der Waals surface area contributed by atoms with Crippen molar-refractivity contribution in [1.82, 2.24) is 15.6 Å². The van der Waals surface area contributed by atoms with Crippen molar-refractivity contribution >= 4 is 46.7 Å². The Balaban J connectivity index is 1.65.